The average Bonchev–Trinajstić information content (AvgIpc) is 2.35. The lowest BCUT2D eigenvalue weighted by Crippen LogP contribution is -2.51. The van der Waals surface area contributed by atoms with Gasteiger partial charge in [-0.3, -0.25) is 4.79 Å². The Morgan fingerprint density at radius 1 is 1.69 bits per heavy atom. The highest BCUT2D eigenvalue weighted by Crippen LogP contribution is 2.02. The molecule has 1 saturated heterocycles. The van der Waals surface area contributed by atoms with E-state index in [1.807, 2.05) is 0 Å². The summed E-state index contributed by atoms with van der Waals surface area (Å²) in [5.74, 6) is -0.0428. The summed E-state index contributed by atoms with van der Waals surface area (Å²) < 4.78 is 5.37. The molecule has 5 nitrogen and oxygen atoms in total. The van der Waals surface area contributed by atoms with E-state index in [1.54, 1.807) is 0 Å². The van der Waals surface area contributed by atoms with Gasteiger partial charge in [0.05, 0.1) is 6.61 Å². The minimum atomic E-state index is -0.357. The standard InChI is InChI=1S/C11H23N3O2/c1-2-3-4-9(7-12)14-11(15)10-8-13-5-6-16-10/h9-10,13H,2-8,12H2,1H3,(H,14,15). The third kappa shape index (κ3) is 4.47. The molecule has 0 spiro atoms. The first kappa shape index (κ1) is 13.4. The summed E-state index contributed by atoms with van der Waals surface area (Å²) in [5, 5.41) is 6.08. The van der Waals surface area contributed by atoms with Crippen molar-refractivity contribution < 1.29 is 9.53 Å². The van der Waals surface area contributed by atoms with Gasteiger partial charge in [-0.25, -0.2) is 0 Å². The summed E-state index contributed by atoms with van der Waals surface area (Å²) in [7, 11) is 0. The summed E-state index contributed by atoms with van der Waals surface area (Å²) in [5.41, 5.74) is 5.62. The van der Waals surface area contributed by atoms with Crippen LogP contribution in [0.25, 0.3) is 0 Å². The Labute approximate surface area is 97.1 Å². The van der Waals surface area contributed by atoms with E-state index in [4.69, 9.17) is 10.5 Å². The minimum Gasteiger partial charge on any atom is -0.366 e. The number of amides is 1. The van der Waals surface area contributed by atoms with Crippen LogP contribution in [0, 0.1) is 0 Å². The number of hydrogen-bond donors (Lipinski definition) is 3. The van der Waals surface area contributed by atoms with Crippen molar-refractivity contribution in [2.75, 3.05) is 26.2 Å². The van der Waals surface area contributed by atoms with E-state index in [0.29, 0.717) is 19.7 Å². The van der Waals surface area contributed by atoms with Crippen LogP contribution in [0.2, 0.25) is 0 Å². The Balaban J connectivity index is 2.29. The fourth-order valence-corrected chi connectivity index (χ4v) is 1.73. The summed E-state index contributed by atoms with van der Waals surface area (Å²) >= 11 is 0. The largest absolute Gasteiger partial charge is 0.366 e. The first-order chi connectivity index (χ1) is 7.77. The second-order valence-electron chi connectivity index (χ2n) is 4.15. The minimum absolute atomic E-state index is 0.0428. The van der Waals surface area contributed by atoms with Gasteiger partial charge in [-0.2, -0.15) is 0 Å². The van der Waals surface area contributed by atoms with Crippen molar-refractivity contribution in [1.29, 1.82) is 0 Å². The van der Waals surface area contributed by atoms with Gasteiger partial charge >= 0.3 is 0 Å². The van der Waals surface area contributed by atoms with Crippen molar-refractivity contribution in [1.82, 2.24) is 10.6 Å². The number of carbonyl (C=O) groups is 1. The Bertz CT molecular complexity index is 205. The first-order valence-corrected chi connectivity index (χ1v) is 6.10. The van der Waals surface area contributed by atoms with Crippen molar-refractivity contribution in [2.24, 2.45) is 5.73 Å². The number of nitrogens with one attached hydrogen (secondary N) is 2. The van der Waals surface area contributed by atoms with Crippen LogP contribution in [0.4, 0.5) is 0 Å². The van der Waals surface area contributed by atoms with E-state index in [9.17, 15) is 4.79 Å². The van der Waals surface area contributed by atoms with E-state index in [0.717, 1.165) is 25.8 Å². The van der Waals surface area contributed by atoms with Crippen molar-refractivity contribution in [3.63, 3.8) is 0 Å². The van der Waals surface area contributed by atoms with Gasteiger partial charge in [0.15, 0.2) is 0 Å². The van der Waals surface area contributed by atoms with Crippen LogP contribution in [0.3, 0.4) is 0 Å². The molecule has 0 aromatic carbocycles. The number of nitrogens with two attached hydrogens (primary N) is 1. The number of hydrogen-bond acceptors (Lipinski definition) is 4. The van der Waals surface area contributed by atoms with Crippen LogP contribution < -0.4 is 16.4 Å². The molecule has 94 valence electrons. The van der Waals surface area contributed by atoms with Gasteiger partial charge in [0.2, 0.25) is 0 Å². The molecule has 0 radical (unpaired) electrons. The number of ether oxygens (including phenoxy) is 1. The molecule has 0 saturated carbocycles. The second kappa shape index (κ2) is 7.60. The van der Waals surface area contributed by atoms with Crippen LogP contribution in [0.1, 0.15) is 26.2 Å². The number of carbonyl (C=O) groups excluding carboxylic acids is 1. The van der Waals surface area contributed by atoms with E-state index in [2.05, 4.69) is 17.6 Å². The molecule has 2 unspecified atom stereocenters. The van der Waals surface area contributed by atoms with Gasteiger partial charge in [-0.1, -0.05) is 19.8 Å². The predicted molar refractivity (Wildman–Crippen MR) is 63.1 cm³/mol. The number of unbranched alkanes of at least 4 members (excludes halogenated alkanes) is 1. The highest BCUT2D eigenvalue weighted by Gasteiger charge is 2.23. The van der Waals surface area contributed by atoms with Gasteiger partial charge in [0, 0.05) is 25.7 Å². The normalized spacial score (nSPS) is 22.8. The molecule has 16 heavy (non-hydrogen) atoms. The van der Waals surface area contributed by atoms with Gasteiger partial charge in [0.1, 0.15) is 6.10 Å². The van der Waals surface area contributed by atoms with Crippen molar-refractivity contribution in [3.05, 3.63) is 0 Å². The maximum atomic E-state index is 11.8. The van der Waals surface area contributed by atoms with Crippen LogP contribution in [-0.2, 0) is 9.53 Å². The monoisotopic (exact) mass is 229 g/mol. The van der Waals surface area contributed by atoms with Crippen LogP contribution in [-0.4, -0.2) is 44.3 Å². The third-order valence-electron chi connectivity index (χ3n) is 2.76. The molecule has 1 amide bonds. The molecular weight excluding hydrogens is 206 g/mol. The molecule has 1 fully saturated rings. The zero-order valence-corrected chi connectivity index (χ0v) is 10.00. The zero-order valence-electron chi connectivity index (χ0n) is 10.00. The van der Waals surface area contributed by atoms with Gasteiger partial charge in [0.25, 0.3) is 5.91 Å². The molecule has 1 aliphatic heterocycles. The third-order valence-corrected chi connectivity index (χ3v) is 2.76. The van der Waals surface area contributed by atoms with Crippen LogP contribution in [0.15, 0.2) is 0 Å². The van der Waals surface area contributed by atoms with E-state index in [1.165, 1.54) is 0 Å². The Morgan fingerprint density at radius 2 is 2.50 bits per heavy atom. The average molecular weight is 229 g/mol. The fourth-order valence-electron chi connectivity index (χ4n) is 1.73. The lowest BCUT2D eigenvalue weighted by Gasteiger charge is -2.25. The predicted octanol–water partition coefficient (Wildman–Crippen LogP) is -0.391. The molecule has 1 heterocycles. The van der Waals surface area contributed by atoms with Crippen LogP contribution >= 0.6 is 0 Å². The van der Waals surface area contributed by atoms with Crippen LogP contribution in [0.5, 0.6) is 0 Å². The highest BCUT2D eigenvalue weighted by molar-refractivity contribution is 5.81. The molecule has 0 aromatic heterocycles. The molecule has 5 heteroatoms. The van der Waals surface area contributed by atoms with E-state index < -0.39 is 0 Å². The fraction of sp³-hybridized carbons (Fsp3) is 0.909. The lowest BCUT2D eigenvalue weighted by molar-refractivity contribution is -0.134. The zero-order chi connectivity index (χ0) is 11.8. The number of morpholine rings is 1. The summed E-state index contributed by atoms with van der Waals surface area (Å²) in [6.07, 6.45) is 2.79. The van der Waals surface area contributed by atoms with Crippen molar-refractivity contribution in [3.8, 4) is 0 Å². The molecule has 1 rings (SSSR count). The maximum Gasteiger partial charge on any atom is 0.250 e. The first-order valence-electron chi connectivity index (χ1n) is 6.10. The highest BCUT2D eigenvalue weighted by atomic mass is 16.5. The summed E-state index contributed by atoms with van der Waals surface area (Å²) in [6, 6.07) is 0.0815. The summed E-state index contributed by atoms with van der Waals surface area (Å²) in [6.45, 7) is 4.63. The smallest absolute Gasteiger partial charge is 0.250 e. The quantitative estimate of drug-likeness (QED) is 0.580. The van der Waals surface area contributed by atoms with E-state index in [-0.39, 0.29) is 18.1 Å². The topological polar surface area (TPSA) is 76.4 Å². The molecule has 2 atom stereocenters. The molecule has 0 aliphatic carbocycles. The van der Waals surface area contributed by atoms with Crippen molar-refractivity contribution >= 4 is 5.91 Å². The maximum absolute atomic E-state index is 11.8. The van der Waals surface area contributed by atoms with Crippen molar-refractivity contribution in [2.45, 2.75) is 38.3 Å². The molecule has 0 bridgehead atoms. The molecular formula is C11H23N3O2. The van der Waals surface area contributed by atoms with E-state index >= 15 is 0 Å². The number of rotatable bonds is 6. The van der Waals surface area contributed by atoms with Gasteiger partial charge in [-0.15, -0.1) is 0 Å². The Kier molecular flexibility index (Phi) is 6.37. The summed E-state index contributed by atoms with van der Waals surface area (Å²) in [4.78, 5) is 11.8. The molecule has 1 aliphatic rings. The Morgan fingerprint density at radius 3 is 3.06 bits per heavy atom. The second-order valence-corrected chi connectivity index (χ2v) is 4.15. The van der Waals surface area contributed by atoms with Gasteiger partial charge < -0.3 is 21.1 Å². The van der Waals surface area contributed by atoms with Gasteiger partial charge in [-0.05, 0) is 6.42 Å². The Hall–Kier alpha value is -0.650. The lowest BCUT2D eigenvalue weighted by atomic mass is 10.1. The molecule has 0 aromatic rings. The molecule has 4 N–H and O–H groups in total. The SMILES string of the molecule is CCCCC(CN)NC(=O)C1CNCCO1.